The highest BCUT2D eigenvalue weighted by atomic mass is 16.6. The Balaban J connectivity index is 1.55. The first kappa shape index (κ1) is 17.9. The summed E-state index contributed by atoms with van der Waals surface area (Å²) >= 11 is 0. The van der Waals surface area contributed by atoms with E-state index >= 15 is 0 Å². The molecule has 2 saturated heterocycles. The first-order valence-electron chi connectivity index (χ1n) is 9.06. The summed E-state index contributed by atoms with van der Waals surface area (Å²) in [7, 11) is 0. The molecule has 2 aliphatic rings. The third-order valence-electron chi connectivity index (χ3n) is 5.33. The quantitative estimate of drug-likeness (QED) is 0.765. The molecule has 138 valence electrons. The summed E-state index contributed by atoms with van der Waals surface area (Å²) in [6.07, 6.45) is 2.30. The fourth-order valence-electron chi connectivity index (χ4n) is 3.67. The van der Waals surface area contributed by atoms with E-state index < -0.39 is 5.60 Å². The van der Waals surface area contributed by atoms with Crippen LogP contribution >= 0.6 is 0 Å². The zero-order chi connectivity index (χ0) is 18.2. The number of hydrogen-bond acceptors (Lipinski definition) is 5. The van der Waals surface area contributed by atoms with Gasteiger partial charge >= 0.3 is 5.97 Å². The fraction of sp³-hybridized carbons (Fsp3) is 0.722. The molecule has 3 rings (SSSR count). The van der Waals surface area contributed by atoms with E-state index in [-0.39, 0.29) is 24.2 Å². The smallest absolute Gasteiger partial charge is 0.307 e. The number of esters is 1. The third-order valence-corrected chi connectivity index (χ3v) is 5.33. The summed E-state index contributed by atoms with van der Waals surface area (Å²) in [6, 6.07) is 0. The summed E-state index contributed by atoms with van der Waals surface area (Å²) < 4.78 is 7.26. The van der Waals surface area contributed by atoms with Crippen LogP contribution < -0.4 is 0 Å². The predicted molar refractivity (Wildman–Crippen MR) is 92.8 cm³/mol. The molecule has 25 heavy (non-hydrogen) atoms. The van der Waals surface area contributed by atoms with Crippen LogP contribution in [0.15, 0.2) is 6.20 Å². The summed E-state index contributed by atoms with van der Waals surface area (Å²) in [5.74, 6) is -0.590. The standard InChI is InChI=1S/C18H28N4O3/c1-5-22-12-14(13(2)19-22)11-20-6-8-21(9-7-20)17(24)15-10-16(23)25-18(15,3)4/h12,15H,5-11H2,1-4H3. The predicted octanol–water partition coefficient (Wildman–Crippen LogP) is 1.20. The maximum atomic E-state index is 12.8. The topological polar surface area (TPSA) is 67.7 Å². The van der Waals surface area contributed by atoms with Gasteiger partial charge in [0.05, 0.1) is 18.0 Å². The molecule has 0 aromatic carbocycles. The molecule has 3 heterocycles. The van der Waals surface area contributed by atoms with Crippen LogP contribution in [-0.4, -0.2) is 63.2 Å². The Hall–Kier alpha value is -1.89. The van der Waals surface area contributed by atoms with Crippen LogP contribution in [0.4, 0.5) is 0 Å². The Morgan fingerprint density at radius 2 is 2.00 bits per heavy atom. The monoisotopic (exact) mass is 348 g/mol. The van der Waals surface area contributed by atoms with Crippen molar-refractivity contribution in [1.29, 1.82) is 0 Å². The van der Waals surface area contributed by atoms with Crippen LogP contribution in [0.25, 0.3) is 0 Å². The van der Waals surface area contributed by atoms with E-state index in [4.69, 9.17) is 4.74 Å². The molecule has 0 spiro atoms. The molecule has 7 heteroatoms. The number of rotatable bonds is 4. The van der Waals surface area contributed by atoms with E-state index in [1.54, 1.807) is 0 Å². The van der Waals surface area contributed by atoms with Gasteiger partial charge in [-0.2, -0.15) is 5.10 Å². The lowest BCUT2D eigenvalue weighted by molar-refractivity contribution is -0.149. The van der Waals surface area contributed by atoms with E-state index in [9.17, 15) is 9.59 Å². The molecule has 1 unspecified atom stereocenters. The number of cyclic esters (lactones) is 1. The Kier molecular flexibility index (Phi) is 4.86. The number of aryl methyl sites for hydroxylation is 2. The van der Waals surface area contributed by atoms with Crippen molar-refractivity contribution < 1.29 is 14.3 Å². The zero-order valence-corrected chi connectivity index (χ0v) is 15.6. The van der Waals surface area contributed by atoms with Crippen LogP contribution in [0.1, 0.15) is 38.4 Å². The Bertz CT molecular complexity index is 659. The number of hydrogen-bond donors (Lipinski definition) is 0. The Morgan fingerprint density at radius 3 is 2.52 bits per heavy atom. The minimum atomic E-state index is -0.697. The second-order valence-corrected chi connectivity index (χ2v) is 7.53. The summed E-state index contributed by atoms with van der Waals surface area (Å²) in [5.41, 5.74) is 1.62. The van der Waals surface area contributed by atoms with Gasteiger partial charge in [-0.15, -0.1) is 0 Å². The number of aromatic nitrogens is 2. The lowest BCUT2D eigenvalue weighted by atomic mass is 9.89. The van der Waals surface area contributed by atoms with E-state index in [2.05, 4.69) is 23.1 Å². The number of carbonyl (C=O) groups is 2. The highest BCUT2D eigenvalue weighted by molar-refractivity contribution is 5.87. The van der Waals surface area contributed by atoms with Gasteiger partial charge in [0.1, 0.15) is 5.60 Å². The van der Waals surface area contributed by atoms with E-state index in [0.717, 1.165) is 31.9 Å². The lowest BCUT2D eigenvalue weighted by Crippen LogP contribution is -2.52. The van der Waals surface area contributed by atoms with Crippen LogP contribution in [-0.2, 0) is 27.4 Å². The van der Waals surface area contributed by atoms with Crippen LogP contribution in [0.3, 0.4) is 0 Å². The number of carbonyl (C=O) groups excluding carboxylic acids is 2. The summed E-state index contributed by atoms with van der Waals surface area (Å²) in [6.45, 7) is 12.6. The Morgan fingerprint density at radius 1 is 1.32 bits per heavy atom. The number of nitrogens with zero attached hydrogens (tertiary/aromatic N) is 4. The molecule has 1 atom stereocenters. The minimum Gasteiger partial charge on any atom is -0.459 e. The molecule has 0 N–H and O–H groups in total. The molecule has 2 fully saturated rings. The van der Waals surface area contributed by atoms with E-state index in [1.807, 2.05) is 30.4 Å². The van der Waals surface area contributed by atoms with Gasteiger partial charge in [-0.05, 0) is 27.7 Å². The largest absolute Gasteiger partial charge is 0.459 e. The summed E-state index contributed by atoms with van der Waals surface area (Å²) in [4.78, 5) is 28.6. The molecular weight excluding hydrogens is 320 g/mol. The number of piperazine rings is 1. The SMILES string of the molecule is CCn1cc(CN2CCN(C(=O)C3CC(=O)OC3(C)C)CC2)c(C)n1. The molecule has 0 saturated carbocycles. The van der Waals surface area contributed by atoms with Crippen molar-refractivity contribution >= 4 is 11.9 Å². The van der Waals surface area contributed by atoms with Gasteiger partial charge in [-0.1, -0.05) is 0 Å². The van der Waals surface area contributed by atoms with Crippen molar-refractivity contribution in [3.05, 3.63) is 17.5 Å². The second-order valence-electron chi connectivity index (χ2n) is 7.53. The van der Waals surface area contributed by atoms with Gasteiger partial charge in [0.15, 0.2) is 0 Å². The van der Waals surface area contributed by atoms with Crippen molar-refractivity contribution in [2.24, 2.45) is 5.92 Å². The number of amides is 1. The normalized spacial score (nSPS) is 23.8. The first-order valence-corrected chi connectivity index (χ1v) is 9.06. The van der Waals surface area contributed by atoms with Gasteiger partial charge in [0, 0.05) is 51.0 Å². The van der Waals surface area contributed by atoms with E-state index in [1.165, 1.54) is 5.56 Å². The van der Waals surface area contributed by atoms with Crippen LogP contribution in [0.5, 0.6) is 0 Å². The average Bonchev–Trinajstić information content (AvgIpc) is 3.05. The van der Waals surface area contributed by atoms with Crippen molar-refractivity contribution in [3.63, 3.8) is 0 Å². The fourth-order valence-corrected chi connectivity index (χ4v) is 3.67. The van der Waals surface area contributed by atoms with Gasteiger partial charge in [-0.3, -0.25) is 19.2 Å². The molecule has 1 aromatic rings. The van der Waals surface area contributed by atoms with Crippen LogP contribution in [0.2, 0.25) is 0 Å². The molecule has 7 nitrogen and oxygen atoms in total. The highest BCUT2D eigenvalue weighted by Crippen LogP contribution is 2.34. The van der Waals surface area contributed by atoms with E-state index in [0.29, 0.717) is 13.1 Å². The molecular formula is C18H28N4O3. The van der Waals surface area contributed by atoms with Crippen molar-refractivity contribution in [2.45, 2.75) is 52.8 Å². The maximum absolute atomic E-state index is 12.8. The van der Waals surface area contributed by atoms with Crippen molar-refractivity contribution in [1.82, 2.24) is 19.6 Å². The molecule has 0 radical (unpaired) electrons. The van der Waals surface area contributed by atoms with Crippen LogP contribution in [0, 0.1) is 12.8 Å². The number of ether oxygens (including phenoxy) is 1. The third kappa shape index (κ3) is 3.71. The van der Waals surface area contributed by atoms with Gasteiger partial charge in [0.2, 0.25) is 5.91 Å². The zero-order valence-electron chi connectivity index (χ0n) is 15.6. The lowest BCUT2D eigenvalue weighted by Gasteiger charge is -2.37. The molecule has 1 amide bonds. The average molecular weight is 348 g/mol. The molecule has 0 bridgehead atoms. The maximum Gasteiger partial charge on any atom is 0.307 e. The Labute approximate surface area is 148 Å². The second kappa shape index (κ2) is 6.78. The van der Waals surface area contributed by atoms with Gasteiger partial charge in [-0.25, -0.2) is 0 Å². The molecule has 1 aromatic heterocycles. The first-order chi connectivity index (χ1) is 11.8. The highest BCUT2D eigenvalue weighted by Gasteiger charge is 2.47. The molecule has 0 aliphatic carbocycles. The minimum absolute atomic E-state index is 0.0467. The van der Waals surface area contributed by atoms with Gasteiger partial charge in [0.25, 0.3) is 0 Å². The molecule has 2 aliphatic heterocycles. The summed E-state index contributed by atoms with van der Waals surface area (Å²) in [5, 5.41) is 4.49. The van der Waals surface area contributed by atoms with Crippen molar-refractivity contribution in [3.8, 4) is 0 Å². The van der Waals surface area contributed by atoms with Crippen molar-refractivity contribution in [2.75, 3.05) is 26.2 Å². The van der Waals surface area contributed by atoms with Gasteiger partial charge < -0.3 is 9.64 Å².